The van der Waals surface area contributed by atoms with Crippen molar-refractivity contribution in [2.24, 2.45) is 5.92 Å². The number of carbonyl (C=O) groups is 2. The molecule has 4 rings (SSSR count). The molecule has 2 aliphatic heterocycles. The lowest BCUT2D eigenvalue weighted by Gasteiger charge is -2.32. The molecule has 1 unspecified atom stereocenters. The average molecular weight is 357 g/mol. The van der Waals surface area contributed by atoms with Gasteiger partial charge in [-0.15, -0.1) is 10.2 Å². The van der Waals surface area contributed by atoms with Gasteiger partial charge >= 0.3 is 0 Å². The maximum absolute atomic E-state index is 12.5. The summed E-state index contributed by atoms with van der Waals surface area (Å²) in [5, 5.41) is 11.2. The van der Waals surface area contributed by atoms with E-state index in [0.717, 1.165) is 18.5 Å². The molecule has 0 aromatic carbocycles. The Bertz CT molecular complexity index is 791. The number of rotatable bonds is 4. The van der Waals surface area contributed by atoms with Crippen LogP contribution in [0.15, 0.2) is 24.4 Å². The molecule has 4 heterocycles. The Morgan fingerprint density at radius 2 is 2.04 bits per heavy atom. The van der Waals surface area contributed by atoms with Crippen LogP contribution in [0.1, 0.15) is 31.5 Å². The van der Waals surface area contributed by atoms with E-state index in [-0.39, 0.29) is 23.8 Å². The smallest absolute Gasteiger partial charge is 0.251 e. The summed E-state index contributed by atoms with van der Waals surface area (Å²) in [5.74, 6) is 0.737. The van der Waals surface area contributed by atoms with E-state index in [4.69, 9.17) is 4.74 Å². The van der Waals surface area contributed by atoms with Crippen molar-refractivity contribution in [1.82, 2.24) is 24.8 Å². The Hall–Kier alpha value is -2.48. The standard InChI is InChI=1S/C18H23N5O3/c24-17(19-12-16-21-20-15-5-1-2-8-23(15)16)13-6-9-22(10-7-13)18(25)14-4-3-11-26-14/h1-2,5,8,13-14H,3-4,6-7,9-12H2,(H,19,24). The van der Waals surface area contributed by atoms with Gasteiger partial charge in [0.15, 0.2) is 11.5 Å². The van der Waals surface area contributed by atoms with Gasteiger partial charge in [0.1, 0.15) is 6.10 Å². The summed E-state index contributed by atoms with van der Waals surface area (Å²) in [4.78, 5) is 26.7. The number of hydrogen-bond acceptors (Lipinski definition) is 5. The molecule has 1 N–H and O–H groups in total. The molecule has 138 valence electrons. The van der Waals surface area contributed by atoms with Crippen LogP contribution in [0, 0.1) is 5.92 Å². The Balaban J connectivity index is 1.27. The molecule has 2 aromatic rings. The number of aromatic nitrogens is 3. The first-order valence-electron chi connectivity index (χ1n) is 9.19. The number of carbonyl (C=O) groups excluding carboxylic acids is 2. The third-order valence-electron chi connectivity index (χ3n) is 5.19. The summed E-state index contributed by atoms with van der Waals surface area (Å²) in [6.45, 7) is 2.25. The fraction of sp³-hybridized carbons (Fsp3) is 0.556. The summed E-state index contributed by atoms with van der Waals surface area (Å²) < 4.78 is 7.34. The summed E-state index contributed by atoms with van der Waals surface area (Å²) in [7, 11) is 0. The summed E-state index contributed by atoms with van der Waals surface area (Å²) >= 11 is 0. The quantitative estimate of drug-likeness (QED) is 0.873. The zero-order valence-electron chi connectivity index (χ0n) is 14.6. The molecule has 2 aliphatic rings. The normalized spacial score (nSPS) is 21.2. The van der Waals surface area contributed by atoms with E-state index < -0.39 is 0 Å². The van der Waals surface area contributed by atoms with Crippen molar-refractivity contribution in [2.75, 3.05) is 19.7 Å². The fourth-order valence-corrected chi connectivity index (χ4v) is 3.66. The highest BCUT2D eigenvalue weighted by molar-refractivity contribution is 5.82. The summed E-state index contributed by atoms with van der Waals surface area (Å²) in [6.07, 6.45) is 4.74. The minimum atomic E-state index is -0.276. The topological polar surface area (TPSA) is 88.8 Å². The zero-order chi connectivity index (χ0) is 17.9. The van der Waals surface area contributed by atoms with Gasteiger partial charge in [-0.25, -0.2) is 0 Å². The number of ether oxygens (including phenoxy) is 1. The van der Waals surface area contributed by atoms with Crippen LogP contribution < -0.4 is 5.32 Å². The SMILES string of the molecule is O=C(NCc1nnc2ccccn12)C1CCN(C(=O)C2CCCO2)CC1. The van der Waals surface area contributed by atoms with Crippen LogP contribution >= 0.6 is 0 Å². The second-order valence-electron chi connectivity index (χ2n) is 6.86. The van der Waals surface area contributed by atoms with Gasteiger partial charge in [0, 0.05) is 31.8 Å². The summed E-state index contributed by atoms with van der Waals surface area (Å²) in [5.41, 5.74) is 0.762. The number of pyridine rings is 1. The average Bonchev–Trinajstić information content (AvgIpc) is 3.36. The minimum absolute atomic E-state index is 0.0156. The van der Waals surface area contributed by atoms with E-state index in [1.54, 1.807) is 0 Å². The lowest BCUT2D eigenvalue weighted by Crippen LogP contribution is -2.46. The molecule has 0 aliphatic carbocycles. The molecule has 2 aromatic heterocycles. The first-order chi connectivity index (χ1) is 12.7. The molecule has 8 nitrogen and oxygen atoms in total. The Kier molecular flexibility index (Phi) is 4.83. The first kappa shape index (κ1) is 17.0. The molecular weight excluding hydrogens is 334 g/mol. The molecule has 0 radical (unpaired) electrons. The van der Waals surface area contributed by atoms with Crippen molar-refractivity contribution in [3.8, 4) is 0 Å². The maximum Gasteiger partial charge on any atom is 0.251 e. The number of fused-ring (bicyclic) bond motifs is 1. The van der Waals surface area contributed by atoms with Gasteiger partial charge in [-0.05, 0) is 37.8 Å². The van der Waals surface area contributed by atoms with Crippen molar-refractivity contribution >= 4 is 17.5 Å². The minimum Gasteiger partial charge on any atom is -0.368 e. The third kappa shape index (κ3) is 3.41. The van der Waals surface area contributed by atoms with E-state index >= 15 is 0 Å². The lowest BCUT2D eigenvalue weighted by molar-refractivity contribution is -0.143. The van der Waals surface area contributed by atoms with Crippen LogP contribution in [0.25, 0.3) is 5.65 Å². The van der Waals surface area contributed by atoms with Crippen LogP contribution in [0.5, 0.6) is 0 Å². The third-order valence-corrected chi connectivity index (χ3v) is 5.19. The van der Waals surface area contributed by atoms with Gasteiger partial charge in [-0.1, -0.05) is 6.07 Å². The Labute approximate surface area is 151 Å². The lowest BCUT2D eigenvalue weighted by atomic mass is 9.95. The van der Waals surface area contributed by atoms with E-state index in [2.05, 4.69) is 15.5 Å². The number of nitrogens with zero attached hydrogens (tertiary/aromatic N) is 4. The van der Waals surface area contributed by atoms with Crippen molar-refractivity contribution in [1.29, 1.82) is 0 Å². The van der Waals surface area contributed by atoms with Crippen LogP contribution in [-0.2, 0) is 20.9 Å². The predicted molar refractivity (Wildman–Crippen MR) is 93.1 cm³/mol. The molecule has 0 spiro atoms. The molecular formula is C18H23N5O3. The number of hydrogen-bond donors (Lipinski definition) is 1. The second kappa shape index (κ2) is 7.41. The zero-order valence-corrected chi connectivity index (χ0v) is 14.6. The molecule has 0 bridgehead atoms. The maximum atomic E-state index is 12.5. The number of likely N-dealkylation sites (tertiary alicyclic amines) is 1. The highest BCUT2D eigenvalue weighted by atomic mass is 16.5. The van der Waals surface area contributed by atoms with Gasteiger partial charge in [-0.2, -0.15) is 0 Å². The fourth-order valence-electron chi connectivity index (χ4n) is 3.66. The highest BCUT2D eigenvalue weighted by Gasteiger charge is 2.32. The van der Waals surface area contributed by atoms with E-state index in [0.29, 0.717) is 44.9 Å². The van der Waals surface area contributed by atoms with Gasteiger partial charge < -0.3 is 15.0 Å². The number of nitrogens with one attached hydrogen (secondary N) is 1. The van der Waals surface area contributed by atoms with Gasteiger partial charge in [0.25, 0.3) is 5.91 Å². The van der Waals surface area contributed by atoms with E-state index in [9.17, 15) is 9.59 Å². The molecule has 2 saturated heterocycles. The summed E-state index contributed by atoms with van der Waals surface area (Å²) in [6, 6.07) is 5.68. The number of piperidine rings is 1. The molecule has 1 atom stereocenters. The Morgan fingerprint density at radius 3 is 2.81 bits per heavy atom. The van der Waals surface area contributed by atoms with Crippen molar-refractivity contribution in [2.45, 2.75) is 38.3 Å². The molecule has 8 heteroatoms. The monoisotopic (exact) mass is 357 g/mol. The number of amides is 2. The van der Waals surface area contributed by atoms with Crippen molar-refractivity contribution in [3.05, 3.63) is 30.2 Å². The van der Waals surface area contributed by atoms with Gasteiger partial charge in [0.05, 0.1) is 6.54 Å². The molecule has 2 amide bonds. The van der Waals surface area contributed by atoms with Crippen LogP contribution in [0.3, 0.4) is 0 Å². The van der Waals surface area contributed by atoms with E-state index in [1.807, 2.05) is 33.7 Å². The van der Waals surface area contributed by atoms with Crippen LogP contribution in [-0.4, -0.2) is 57.1 Å². The molecule has 0 saturated carbocycles. The van der Waals surface area contributed by atoms with Gasteiger partial charge in [0.2, 0.25) is 5.91 Å². The van der Waals surface area contributed by atoms with Crippen molar-refractivity contribution in [3.63, 3.8) is 0 Å². The molecule has 2 fully saturated rings. The van der Waals surface area contributed by atoms with Crippen LogP contribution in [0.4, 0.5) is 0 Å². The second-order valence-corrected chi connectivity index (χ2v) is 6.86. The van der Waals surface area contributed by atoms with Crippen molar-refractivity contribution < 1.29 is 14.3 Å². The predicted octanol–water partition coefficient (Wildman–Crippen LogP) is 0.763. The Morgan fingerprint density at radius 1 is 1.19 bits per heavy atom. The van der Waals surface area contributed by atoms with Gasteiger partial charge in [-0.3, -0.25) is 14.0 Å². The molecule has 26 heavy (non-hydrogen) atoms. The largest absolute Gasteiger partial charge is 0.368 e. The first-order valence-corrected chi connectivity index (χ1v) is 9.19. The van der Waals surface area contributed by atoms with E-state index in [1.165, 1.54) is 0 Å². The highest BCUT2D eigenvalue weighted by Crippen LogP contribution is 2.21. The van der Waals surface area contributed by atoms with Crippen LogP contribution in [0.2, 0.25) is 0 Å².